The Labute approximate surface area is 126 Å². The fraction of sp³-hybridized carbons (Fsp3) is 0.412. The van der Waals surface area contributed by atoms with Gasteiger partial charge >= 0.3 is 0 Å². The Kier molecular flexibility index (Phi) is 6.00. The first kappa shape index (κ1) is 15.3. The third-order valence-electron chi connectivity index (χ3n) is 3.47. The number of unbranched alkanes of at least 4 members (excludes halogenated alkanes) is 3. The van der Waals surface area contributed by atoms with E-state index in [9.17, 15) is 4.79 Å². The fourth-order valence-electron chi connectivity index (χ4n) is 2.28. The smallest absolute Gasteiger partial charge is 0.251 e. The summed E-state index contributed by atoms with van der Waals surface area (Å²) in [7, 11) is 0. The van der Waals surface area contributed by atoms with Crippen LogP contribution in [0, 0.1) is 6.92 Å². The molecule has 0 fully saturated rings. The van der Waals surface area contributed by atoms with Gasteiger partial charge in [0.1, 0.15) is 0 Å². The summed E-state index contributed by atoms with van der Waals surface area (Å²) in [6.07, 6.45) is 10.1. The average Bonchev–Trinajstić information content (AvgIpc) is 2.99. The van der Waals surface area contributed by atoms with Gasteiger partial charge in [-0.15, -0.1) is 0 Å². The second kappa shape index (κ2) is 8.25. The molecule has 0 saturated heterocycles. The van der Waals surface area contributed by atoms with Crippen molar-refractivity contribution in [3.05, 3.63) is 54.1 Å². The van der Waals surface area contributed by atoms with Crippen LogP contribution in [0.1, 0.15) is 41.6 Å². The Morgan fingerprint density at radius 3 is 2.86 bits per heavy atom. The maximum atomic E-state index is 11.9. The molecule has 112 valence electrons. The number of nitrogens with zero attached hydrogens (tertiary/aromatic N) is 2. The molecule has 0 radical (unpaired) electrons. The number of hydrogen-bond acceptors (Lipinski definition) is 2. The van der Waals surface area contributed by atoms with Crippen molar-refractivity contribution >= 4 is 5.91 Å². The molecule has 4 heteroatoms. The Balaban J connectivity index is 1.54. The molecule has 1 amide bonds. The minimum absolute atomic E-state index is 0.0251. The second-order valence-corrected chi connectivity index (χ2v) is 5.34. The molecule has 2 rings (SSSR count). The lowest BCUT2D eigenvalue weighted by molar-refractivity contribution is 0.0953. The highest BCUT2D eigenvalue weighted by molar-refractivity contribution is 5.94. The predicted octanol–water partition coefficient (Wildman–Crippen LogP) is 3.18. The van der Waals surface area contributed by atoms with E-state index in [0.29, 0.717) is 0 Å². The number of hydrogen-bond donors (Lipinski definition) is 1. The van der Waals surface area contributed by atoms with E-state index in [1.807, 2.05) is 43.7 Å². The number of aromatic nitrogens is 2. The minimum atomic E-state index is 0.0251. The fourth-order valence-corrected chi connectivity index (χ4v) is 2.28. The summed E-state index contributed by atoms with van der Waals surface area (Å²) in [5.74, 6) is 0.0251. The molecule has 0 bridgehead atoms. The molecule has 0 aliphatic heterocycles. The summed E-state index contributed by atoms with van der Waals surface area (Å²) < 4.78 is 2.10. The van der Waals surface area contributed by atoms with Crippen LogP contribution in [0.2, 0.25) is 0 Å². The van der Waals surface area contributed by atoms with E-state index in [0.717, 1.165) is 43.5 Å². The van der Waals surface area contributed by atoms with Crippen LogP contribution in [0.3, 0.4) is 0 Å². The molecule has 0 atom stereocenters. The Bertz CT molecular complexity index is 549. The Morgan fingerprint density at radius 1 is 1.24 bits per heavy atom. The van der Waals surface area contributed by atoms with Gasteiger partial charge in [-0.2, -0.15) is 0 Å². The Hall–Kier alpha value is -2.10. The molecule has 1 aromatic heterocycles. The van der Waals surface area contributed by atoms with E-state index in [4.69, 9.17) is 0 Å². The van der Waals surface area contributed by atoms with Gasteiger partial charge in [0.15, 0.2) is 0 Å². The van der Waals surface area contributed by atoms with Crippen molar-refractivity contribution < 1.29 is 4.79 Å². The van der Waals surface area contributed by atoms with Crippen molar-refractivity contribution in [3.63, 3.8) is 0 Å². The lowest BCUT2D eigenvalue weighted by atomic mass is 10.1. The zero-order chi connectivity index (χ0) is 14.9. The molecular weight excluding hydrogens is 262 g/mol. The lowest BCUT2D eigenvalue weighted by Gasteiger charge is -2.06. The quantitative estimate of drug-likeness (QED) is 0.757. The second-order valence-electron chi connectivity index (χ2n) is 5.34. The number of nitrogens with one attached hydrogen (secondary N) is 1. The van der Waals surface area contributed by atoms with E-state index in [2.05, 4.69) is 14.9 Å². The molecule has 0 aliphatic carbocycles. The van der Waals surface area contributed by atoms with Crippen LogP contribution in [-0.4, -0.2) is 22.0 Å². The van der Waals surface area contributed by atoms with Gasteiger partial charge in [0, 0.05) is 31.0 Å². The van der Waals surface area contributed by atoms with Gasteiger partial charge in [-0.1, -0.05) is 30.5 Å². The monoisotopic (exact) mass is 285 g/mol. The van der Waals surface area contributed by atoms with Crippen molar-refractivity contribution in [2.75, 3.05) is 6.54 Å². The third-order valence-corrected chi connectivity index (χ3v) is 3.47. The number of imidazole rings is 1. The third kappa shape index (κ3) is 5.42. The van der Waals surface area contributed by atoms with Gasteiger partial charge in [0.2, 0.25) is 0 Å². The van der Waals surface area contributed by atoms with E-state index in [1.165, 1.54) is 6.42 Å². The molecule has 0 spiro atoms. The number of rotatable bonds is 8. The van der Waals surface area contributed by atoms with Gasteiger partial charge in [0.25, 0.3) is 5.91 Å². The first-order chi connectivity index (χ1) is 10.3. The molecule has 1 heterocycles. The van der Waals surface area contributed by atoms with Gasteiger partial charge in [-0.25, -0.2) is 4.98 Å². The molecule has 1 aromatic carbocycles. The van der Waals surface area contributed by atoms with Crippen molar-refractivity contribution in [1.29, 1.82) is 0 Å². The van der Waals surface area contributed by atoms with Crippen molar-refractivity contribution in [1.82, 2.24) is 14.9 Å². The number of amides is 1. The normalized spacial score (nSPS) is 10.5. The van der Waals surface area contributed by atoms with E-state index >= 15 is 0 Å². The highest BCUT2D eigenvalue weighted by atomic mass is 16.1. The first-order valence-corrected chi connectivity index (χ1v) is 7.56. The maximum Gasteiger partial charge on any atom is 0.251 e. The molecule has 0 saturated carbocycles. The predicted molar refractivity (Wildman–Crippen MR) is 84.2 cm³/mol. The minimum Gasteiger partial charge on any atom is -0.352 e. The highest BCUT2D eigenvalue weighted by Gasteiger charge is 2.03. The van der Waals surface area contributed by atoms with Gasteiger partial charge in [-0.3, -0.25) is 4.79 Å². The van der Waals surface area contributed by atoms with Crippen LogP contribution in [0.4, 0.5) is 0 Å². The lowest BCUT2D eigenvalue weighted by Crippen LogP contribution is -2.24. The van der Waals surface area contributed by atoms with Crippen molar-refractivity contribution in [2.24, 2.45) is 0 Å². The molecular formula is C17H23N3O. The summed E-state index contributed by atoms with van der Waals surface area (Å²) >= 11 is 0. The molecule has 0 unspecified atom stereocenters. The summed E-state index contributed by atoms with van der Waals surface area (Å²) in [4.78, 5) is 15.9. The molecule has 21 heavy (non-hydrogen) atoms. The maximum absolute atomic E-state index is 11.9. The molecule has 0 aliphatic rings. The van der Waals surface area contributed by atoms with Crippen LogP contribution >= 0.6 is 0 Å². The average molecular weight is 285 g/mol. The zero-order valence-corrected chi connectivity index (χ0v) is 12.6. The van der Waals surface area contributed by atoms with Crippen molar-refractivity contribution in [2.45, 2.75) is 39.2 Å². The first-order valence-electron chi connectivity index (χ1n) is 7.56. The Morgan fingerprint density at radius 2 is 2.10 bits per heavy atom. The standard InChI is InChI=1S/C17H23N3O/c1-15-7-6-8-16(13-15)17(21)19-9-4-2-3-5-11-20-12-10-18-14-20/h6-8,10,12-14H,2-5,9,11H2,1H3,(H,19,21). The summed E-state index contributed by atoms with van der Waals surface area (Å²) in [5, 5.41) is 2.98. The summed E-state index contributed by atoms with van der Waals surface area (Å²) in [6, 6.07) is 7.69. The van der Waals surface area contributed by atoms with Crippen LogP contribution < -0.4 is 5.32 Å². The summed E-state index contributed by atoms with van der Waals surface area (Å²) in [6.45, 7) is 3.77. The van der Waals surface area contributed by atoms with Crippen LogP contribution in [0.5, 0.6) is 0 Å². The number of carbonyl (C=O) groups excluding carboxylic acids is 1. The number of aryl methyl sites for hydroxylation is 2. The SMILES string of the molecule is Cc1cccc(C(=O)NCCCCCCn2ccnc2)c1. The van der Waals surface area contributed by atoms with Crippen LogP contribution in [0.15, 0.2) is 43.0 Å². The van der Waals surface area contributed by atoms with Crippen LogP contribution in [0.25, 0.3) is 0 Å². The molecule has 4 nitrogen and oxygen atoms in total. The van der Waals surface area contributed by atoms with E-state index < -0.39 is 0 Å². The van der Waals surface area contributed by atoms with E-state index in [-0.39, 0.29) is 5.91 Å². The van der Waals surface area contributed by atoms with Crippen molar-refractivity contribution in [3.8, 4) is 0 Å². The largest absolute Gasteiger partial charge is 0.352 e. The van der Waals surface area contributed by atoms with E-state index in [1.54, 1.807) is 6.20 Å². The van der Waals surface area contributed by atoms with Crippen LogP contribution in [-0.2, 0) is 6.54 Å². The molecule has 2 aromatic rings. The summed E-state index contributed by atoms with van der Waals surface area (Å²) in [5.41, 5.74) is 1.86. The van der Waals surface area contributed by atoms with Gasteiger partial charge in [-0.05, 0) is 31.9 Å². The van der Waals surface area contributed by atoms with Gasteiger partial charge in [0.05, 0.1) is 6.33 Å². The molecule has 1 N–H and O–H groups in total. The topological polar surface area (TPSA) is 46.9 Å². The number of carbonyl (C=O) groups is 1. The van der Waals surface area contributed by atoms with Gasteiger partial charge < -0.3 is 9.88 Å². The highest BCUT2D eigenvalue weighted by Crippen LogP contribution is 2.04. The zero-order valence-electron chi connectivity index (χ0n) is 12.6. The number of benzene rings is 1.